The van der Waals surface area contributed by atoms with Gasteiger partial charge in [-0.05, 0) is 24.6 Å². The minimum absolute atomic E-state index is 0.00174. The highest BCUT2D eigenvalue weighted by molar-refractivity contribution is 7.21. The molecule has 0 radical (unpaired) electrons. The van der Waals surface area contributed by atoms with Crippen molar-refractivity contribution in [2.24, 2.45) is 0 Å². The summed E-state index contributed by atoms with van der Waals surface area (Å²) in [7, 11) is 0. The Bertz CT molecular complexity index is 1110. The molecular weight excluding hydrogens is 379 g/mol. The number of carbonyl (C=O) groups excluding carboxylic acids is 1. The van der Waals surface area contributed by atoms with Crippen LogP contribution in [-0.4, -0.2) is 10.9 Å². The molecule has 0 spiro atoms. The third kappa shape index (κ3) is 3.13. The SMILES string of the molecule is Cc1c(C#N)c(N)nc2sc(C(=O)Nc3ccccc3C(F)(F)F)c(N)c12. The number of hydrogen-bond donors (Lipinski definition) is 3. The van der Waals surface area contributed by atoms with Gasteiger partial charge in [-0.2, -0.15) is 18.4 Å². The number of thiophene rings is 1. The second-order valence-corrected chi connectivity index (χ2v) is 6.63. The minimum Gasteiger partial charge on any atom is -0.397 e. The number of nitriles is 1. The van der Waals surface area contributed by atoms with Gasteiger partial charge in [-0.25, -0.2) is 4.98 Å². The third-order valence-corrected chi connectivity index (χ3v) is 5.05. The van der Waals surface area contributed by atoms with E-state index >= 15 is 0 Å². The van der Waals surface area contributed by atoms with E-state index in [1.165, 1.54) is 12.1 Å². The Hall–Kier alpha value is -3.32. The lowest BCUT2D eigenvalue weighted by Crippen LogP contribution is -2.16. The highest BCUT2D eigenvalue weighted by Gasteiger charge is 2.34. The maximum Gasteiger partial charge on any atom is 0.418 e. The van der Waals surface area contributed by atoms with E-state index in [1.54, 1.807) is 6.92 Å². The summed E-state index contributed by atoms with van der Waals surface area (Å²) in [4.78, 5) is 17.0. The van der Waals surface area contributed by atoms with Crippen molar-refractivity contribution >= 4 is 44.7 Å². The number of nitrogens with two attached hydrogens (primary N) is 2. The van der Waals surface area contributed by atoms with Gasteiger partial charge in [0.25, 0.3) is 5.91 Å². The number of benzene rings is 1. The number of alkyl halides is 3. The Morgan fingerprint density at radius 2 is 1.96 bits per heavy atom. The molecule has 0 aliphatic heterocycles. The van der Waals surface area contributed by atoms with E-state index in [2.05, 4.69) is 10.3 Å². The number of anilines is 3. The molecule has 2 aromatic heterocycles. The van der Waals surface area contributed by atoms with Crippen molar-refractivity contribution in [3.8, 4) is 6.07 Å². The topological polar surface area (TPSA) is 118 Å². The van der Waals surface area contributed by atoms with Crippen LogP contribution in [-0.2, 0) is 6.18 Å². The predicted molar refractivity (Wildman–Crippen MR) is 97.3 cm³/mol. The van der Waals surface area contributed by atoms with Gasteiger partial charge in [0.05, 0.1) is 22.5 Å². The average Bonchev–Trinajstić information content (AvgIpc) is 2.91. The second kappa shape index (κ2) is 6.44. The number of aromatic nitrogens is 1. The van der Waals surface area contributed by atoms with Crippen LogP contribution in [0.25, 0.3) is 10.2 Å². The van der Waals surface area contributed by atoms with Gasteiger partial charge in [0.2, 0.25) is 0 Å². The molecule has 10 heteroatoms. The molecule has 0 aliphatic rings. The molecule has 5 N–H and O–H groups in total. The van der Waals surface area contributed by atoms with Gasteiger partial charge in [0, 0.05) is 5.39 Å². The largest absolute Gasteiger partial charge is 0.418 e. The first-order chi connectivity index (χ1) is 12.6. The molecule has 0 unspecified atom stereocenters. The zero-order valence-electron chi connectivity index (χ0n) is 13.8. The zero-order valence-corrected chi connectivity index (χ0v) is 14.6. The van der Waals surface area contributed by atoms with Crippen molar-refractivity contribution < 1.29 is 18.0 Å². The maximum absolute atomic E-state index is 13.1. The lowest BCUT2D eigenvalue weighted by molar-refractivity contribution is -0.136. The van der Waals surface area contributed by atoms with Crippen LogP contribution in [0.15, 0.2) is 24.3 Å². The Morgan fingerprint density at radius 3 is 2.59 bits per heavy atom. The van der Waals surface area contributed by atoms with Crippen molar-refractivity contribution in [2.45, 2.75) is 13.1 Å². The van der Waals surface area contributed by atoms with E-state index in [1.807, 2.05) is 6.07 Å². The Labute approximate surface area is 155 Å². The van der Waals surface area contributed by atoms with Crippen LogP contribution < -0.4 is 16.8 Å². The summed E-state index contributed by atoms with van der Waals surface area (Å²) in [6.45, 7) is 1.61. The van der Waals surface area contributed by atoms with Crippen molar-refractivity contribution in [1.82, 2.24) is 4.98 Å². The number of nitrogen functional groups attached to an aromatic ring is 2. The fourth-order valence-electron chi connectivity index (χ4n) is 2.68. The Balaban J connectivity index is 2.07. The van der Waals surface area contributed by atoms with E-state index in [-0.39, 0.29) is 27.6 Å². The van der Waals surface area contributed by atoms with Gasteiger partial charge in [-0.15, -0.1) is 11.3 Å². The predicted octanol–water partition coefficient (Wildman–Crippen LogP) is 3.91. The van der Waals surface area contributed by atoms with Crippen LogP contribution in [0.4, 0.5) is 30.4 Å². The number of nitrogens with zero attached hydrogens (tertiary/aromatic N) is 2. The molecule has 0 bridgehead atoms. The van der Waals surface area contributed by atoms with Gasteiger partial charge in [-0.1, -0.05) is 12.1 Å². The molecular formula is C17H12F3N5OS. The molecule has 1 amide bonds. The standard InChI is InChI=1S/C17H12F3N5OS/c1-7-8(6-21)14(23)25-16-11(7)12(22)13(27-16)15(26)24-10-5-3-2-4-9(10)17(18,19)20/h2-5H,22H2,1H3,(H2,23,25)(H,24,26). The number of fused-ring (bicyclic) bond motifs is 1. The number of pyridine rings is 1. The summed E-state index contributed by atoms with van der Waals surface area (Å²) >= 11 is 0.893. The summed E-state index contributed by atoms with van der Waals surface area (Å²) in [5, 5.41) is 11.8. The number of carbonyl (C=O) groups is 1. The lowest BCUT2D eigenvalue weighted by atomic mass is 10.1. The number of amides is 1. The molecule has 27 heavy (non-hydrogen) atoms. The molecule has 1 aromatic carbocycles. The summed E-state index contributed by atoms with van der Waals surface area (Å²) in [6.07, 6.45) is -4.62. The van der Waals surface area contributed by atoms with Gasteiger partial charge < -0.3 is 16.8 Å². The zero-order chi connectivity index (χ0) is 19.9. The molecule has 0 fully saturated rings. The molecule has 0 saturated heterocycles. The number of hydrogen-bond acceptors (Lipinski definition) is 6. The van der Waals surface area contributed by atoms with E-state index in [0.717, 1.165) is 23.5 Å². The number of para-hydroxylation sites is 1. The van der Waals surface area contributed by atoms with Crippen LogP contribution in [0.3, 0.4) is 0 Å². The summed E-state index contributed by atoms with van der Waals surface area (Å²) < 4.78 is 39.3. The molecule has 0 aliphatic carbocycles. The maximum atomic E-state index is 13.1. The molecule has 0 atom stereocenters. The van der Waals surface area contributed by atoms with Gasteiger partial charge >= 0.3 is 6.18 Å². The summed E-state index contributed by atoms with van der Waals surface area (Å²) in [5.74, 6) is -0.804. The molecule has 3 aromatic rings. The molecule has 2 heterocycles. The number of rotatable bonds is 2. The average molecular weight is 391 g/mol. The number of aryl methyl sites for hydroxylation is 1. The Morgan fingerprint density at radius 1 is 1.30 bits per heavy atom. The van der Waals surface area contributed by atoms with Crippen LogP contribution in [0.5, 0.6) is 0 Å². The van der Waals surface area contributed by atoms with E-state index < -0.39 is 17.6 Å². The monoisotopic (exact) mass is 391 g/mol. The van der Waals surface area contributed by atoms with E-state index in [4.69, 9.17) is 11.5 Å². The fraction of sp³-hybridized carbons (Fsp3) is 0.118. The minimum atomic E-state index is -4.62. The van der Waals surface area contributed by atoms with Crippen molar-refractivity contribution in [2.75, 3.05) is 16.8 Å². The van der Waals surface area contributed by atoms with Crippen LogP contribution >= 0.6 is 11.3 Å². The first-order valence-electron chi connectivity index (χ1n) is 7.50. The van der Waals surface area contributed by atoms with Crippen LogP contribution in [0, 0.1) is 18.3 Å². The van der Waals surface area contributed by atoms with E-state index in [9.17, 15) is 23.2 Å². The normalized spacial score (nSPS) is 11.4. The first kappa shape index (κ1) is 18.5. The van der Waals surface area contributed by atoms with Crippen molar-refractivity contribution in [3.63, 3.8) is 0 Å². The second-order valence-electron chi connectivity index (χ2n) is 5.63. The number of halogens is 3. The molecule has 6 nitrogen and oxygen atoms in total. The molecule has 0 saturated carbocycles. The van der Waals surface area contributed by atoms with Crippen molar-refractivity contribution in [3.05, 3.63) is 45.8 Å². The summed E-state index contributed by atoms with van der Waals surface area (Å²) in [6, 6.07) is 6.55. The number of nitrogens with one attached hydrogen (secondary N) is 1. The highest BCUT2D eigenvalue weighted by atomic mass is 32.1. The molecule has 138 valence electrons. The molecule has 3 rings (SSSR count). The highest BCUT2D eigenvalue weighted by Crippen LogP contribution is 2.39. The lowest BCUT2D eigenvalue weighted by Gasteiger charge is -2.13. The van der Waals surface area contributed by atoms with E-state index in [0.29, 0.717) is 15.8 Å². The summed E-state index contributed by atoms with van der Waals surface area (Å²) in [5.41, 5.74) is 11.1. The first-order valence-corrected chi connectivity index (χ1v) is 8.32. The van der Waals surface area contributed by atoms with Crippen molar-refractivity contribution in [1.29, 1.82) is 5.26 Å². The smallest absolute Gasteiger partial charge is 0.397 e. The third-order valence-electron chi connectivity index (χ3n) is 3.95. The Kier molecular flexibility index (Phi) is 4.41. The van der Waals surface area contributed by atoms with Gasteiger partial charge in [0.15, 0.2) is 0 Å². The van der Waals surface area contributed by atoms with Gasteiger partial charge in [0.1, 0.15) is 21.6 Å². The van der Waals surface area contributed by atoms with Gasteiger partial charge in [-0.3, -0.25) is 4.79 Å². The van der Waals surface area contributed by atoms with Crippen LogP contribution in [0.2, 0.25) is 0 Å². The fourth-order valence-corrected chi connectivity index (χ4v) is 3.74. The quantitative estimate of drug-likeness (QED) is 0.612. The van der Waals surface area contributed by atoms with Crippen LogP contribution in [0.1, 0.15) is 26.4 Å².